The van der Waals surface area contributed by atoms with Gasteiger partial charge in [-0.15, -0.1) is 0 Å². The number of anilines is 1. The number of carbonyl (C=O) groups excluding carboxylic acids is 2. The number of thiocarbonyl (C=S) groups is 1. The van der Waals surface area contributed by atoms with Gasteiger partial charge in [-0.2, -0.15) is 0 Å². The second-order valence-corrected chi connectivity index (χ2v) is 7.85. The molecule has 6 heteroatoms. The highest BCUT2D eigenvalue weighted by Gasteiger charge is 2.33. The predicted molar refractivity (Wildman–Crippen MR) is 120 cm³/mol. The fourth-order valence-corrected chi connectivity index (χ4v) is 4.09. The molecule has 4 nitrogen and oxygen atoms in total. The lowest BCUT2D eigenvalue weighted by Crippen LogP contribution is -2.27. The number of benzene rings is 3. The second kappa shape index (κ2) is 8.43. The molecule has 1 amide bonds. The molecule has 29 heavy (non-hydrogen) atoms. The van der Waals surface area contributed by atoms with Gasteiger partial charge >= 0.3 is 5.97 Å². The molecule has 1 aliphatic heterocycles. The first-order chi connectivity index (χ1) is 14.1. The van der Waals surface area contributed by atoms with Crippen molar-refractivity contribution in [2.75, 3.05) is 4.90 Å². The molecule has 4 rings (SSSR count). The van der Waals surface area contributed by atoms with Crippen LogP contribution < -0.4 is 9.64 Å². The van der Waals surface area contributed by atoms with Gasteiger partial charge in [0.1, 0.15) is 5.75 Å². The maximum Gasteiger partial charge on any atom is 0.343 e. The number of rotatable bonds is 4. The molecule has 142 valence electrons. The van der Waals surface area contributed by atoms with E-state index in [4.69, 9.17) is 17.0 Å². The van der Waals surface area contributed by atoms with Gasteiger partial charge in [0.2, 0.25) is 0 Å². The average molecular weight is 418 g/mol. The molecule has 3 aromatic carbocycles. The molecule has 0 unspecified atom stereocenters. The van der Waals surface area contributed by atoms with Crippen LogP contribution in [-0.4, -0.2) is 16.2 Å². The van der Waals surface area contributed by atoms with Crippen molar-refractivity contribution < 1.29 is 14.3 Å². The Kier molecular flexibility index (Phi) is 5.55. The SMILES string of the molecule is O=C(Oc1ccc(/C=C2\SC(=S)N(c3ccccc3)C2=O)cc1)c1ccccc1. The van der Waals surface area contributed by atoms with Gasteiger partial charge in [-0.25, -0.2) is 4.79 Å². The van der Waals surface area contributed by atoms with Gasteiger partial charge in [0.15, 0.2) is 4.32 Å². The van der Waals surface area contributed by atoms with E-state index in [2.05, 4.69) is 0 Å². The maximum atomic E-state index is 12.8. The van der Waals surface area contributed by atoms with Crippen molar-refractivity contribution in [1.82, 2.24) is 0 Å². The van der Waals surface area contributed by atoms with Crippen LogP contribution in [0.4, 0.5) is 5.69 Å². The Morgan fingerprint density at radius 2 is 1.52 bits per heavy atom. The molecule has 1 aliphatic rings. The molecule has 0 aliphatic carbocycles. The minimum absolute atomic E-state index is 0.147. The molecular weight excluding hydrogens is 402 g/mol. The third-order valence-corrected chi connectivity index (χ3v) is 5.51. The molecule has 0 bridgehead atoms. The molecule has 0 radical (unpaired) electrons. The Morgan fingerprint density at radius 1 is 0.897 bits per heavy atom. The van der Waals surface area contributed by atoms with E-state index in [1.807, 2.05) is 36.4 Å². The van der Waals surface area contributed by atoms with Crippen molar-refractivity contribution in [3.8, 4) is 5.75 Å². The highest BCUT2D eigenvalue weighted by atomic mass is 32.2. The molecule has 0 aromatic heterocycles. The molecule has 1 heterocycles. The van der Waals surface area contributed by atoms with Crippen LogP contribution in [0.5, 0.6) is 5.75 Å². The number of amides is 1. The predicted octanol–water partition coefficient (Wildman–Crippen LogP) is 5.31. The van der Waals surface area contributed by atoms with Gasteiger partial charge in [0.05, 0.1) is 16.2 Å². The van der Waals surface area contributed by atoms with Crippen molar-refractivity contribution in [3.05, 3.63) is 101 Å². The number of nitrogens with zero attached hydrogens (tertiary/aromatic N) is 1. The van der Waals surface area contributed by atoms with Gasteiger partial charge in [-0.05, 0) is 48.0 Å². The van der Waals surface area contributed by atoms with E-state index >= 15 is 0 Å². The van der Waals surface area contributed by atoms with E-state index < -0.39 is 5.97 Å². The zero-order chi connectivity index (χ0) is 20.2. The third-order valence-electron chi connectivity index (χ3n) is 4.21. The summed E-state index contributed by atoms with van der Waals surface area (Å²) in [6.45, 7) is 0. The van der Waals surface area contributed by atoms with E-state index in [0.717, 1.165) is 11.3 Å². The summed E-state index contributed by atoms with van der Waals surface area (Å²) in [5.41, 5.74) is 2.06. The minimum Gasteiger partial charge on any atom is -0.423 e. The summed E-state index contributed by atoms with van der Waals surface area (Å²) in [4.78, 5) is 27.0. The Balaban J connectivity index is 1.48. The van der Waals surface area contributed by atoms with Crippen molar-refractivity contribution in [1.29, 1.82) is 0 Å². The summed E-state index contributed by atoms with van der Waals surface area (Å²) in [5.74, 6) is -0.124. The Hall–Kier alpha value is -3.22. The average Bonchev–Trinajstić information content (AvgIpc) is 3.03. The van der Waals surface area contributed by atoms with E-state index in [-0.39, 0.29) is 5.91 Å². The summed E-state index contributed by atoms with van der Waals surface area (Å²) in [6.07, 6.45) is 1.78. The molecule has 0 spiro atoms. The summed E-state index contributed by atoms with van der Waals surface area (Å²) in [7, 11) is 0. The monoisotopic (exact) mass is 417 g/mol. The number of hydrogen-bond acceptors (Lipinski definition) is 5. The van der Waals surface area contributed by atoms with Crippen molar-refractivity contribution in [2.24, 2.45) is 0 Å². The quantitative estimate of drug-likeness (QED) is 0.249. The first kappa shape index (κ1) is 19.1. The second-order valence-electron chi connectivity index (χ2n) is 6.18. The summed E-state index contributed by atoms with van der Waals surface area (Å²) >= 11 is 6.64. The third kappa shape index (κ3) is 4.29. The van der Waals surface area contributed by atoms with E-state index in [0.29, 0.717) is 20.5 Å². The van der Waals surface area contributed by atoms with Crippen LogP contribution in [0, 0.1) is 0 Å². The molecule has 0 atom stereocenters. The fourth-order valence-electron chi connectivity index (χ4n) is 2.79. The van der Waals surface area contributed by atoms with Crippen LogP contribution >= 0.6 is 24.0 Å². The number of ether oxygens (including phenoxy) is 1. The van der Waals surface area contributed by atoms with Crippen molar-refractivity contribution >= 4 is 51.9 Å². The lowest BCUT2D eigenvalue weighted by atomic mass is 10.2. The molecule has 3 aromatic rings. The first-order valence-electron chi connectivity index (χ1n) is 8.82. The van der Waals surface area contributed by atoms with Crippen LogP contribution in [0.25, 0.3) is 6.08 Å². The van der Waals surface area contributed by atoms with E-state index in [1.165, 1.54) is 16.7 Å². The van der Waals surface area contributed by atoms with Gasteiger partial charge in [0, 0.05) is 0 Å². The largest absolute Gasteiger partial charge is 0.423 e. The summed E-state index contributed by atoms with van der Waals surface area (Å²) < 4.78 is 5.88. The van der Waals surface area contributed by atoms with Gasteiger partial charge in [0.25, 0.3) is 5.91 Å². The lowest BCUT2D eigenvalue weighted by Gasteiger charge is -2.13. The zero-order valence-corrected chi connectivity index (χ0v) is 16.8. The highest BCUT2D eigenvalue weighted by molar-refractivity contribution is 8.27. The minimum atomic E-state index is -0.415. The molecule has 1 fully saturated rings. The van der Waals surface area contributed by atoms with E-state index in [1.54, 1.807) is 54.6 Å². The van der Waals surface area contributed by atoms with Crippen LogP contribution in [0.1, 0.15) is 15.9 Å². The number of carbonyl (C=O) groups is 2. The lowest BCUT2D eigenvalue weighted by molar-refractivity contribution is -0.113. The van der Waals surface area contributed by atoms with Gasteiger partial charge in [-0.3, -0.25) is 9.69 Å². The number of esters is 1. The zero-order valence-electron chi connectivity index (χ0n) is 15.1. The maximum absolute atomic E-state index is 12.8. The van der Waals surface area contributed by atoms with Gasteiger partial charge < -0.3 is 4.74 Å². The smallest absolute Gasteiger partial charge is 0.343 e. The van der Waals surface area contributed by atoms with Crippen LogP contribution in [0.2, 0.25) is 0 Å². The van der Waals surface area contributed by atoms with Crippen LogP contribution in [0.15, 0.2) is 89.8 Å². The Morgan fingerprint density at radius 3 is 2.17 bits per heavy atom. The van der Waals surface area contributed by atoms with Gasteiger partial charge in [-0.1, -0.05) is 72.5 Å². The highest BCUT2D eigenvalue weighted by Crippen LogP contribution is 2.36. The number of hydrogen-bond donors (Lipinski definition) is 0. The molecule has 0 saturated carbocycles. The first-order valence-corrected chi connectivity index (χ1v) is 10.0. The van der Waals surface area contributed by atoms with Crippen LogP contribution in [-0.2, 0) is 4.79 Å². The normalized spacial score (nSPS) is 15.0. The fraction of sp³-hybridized carbons (Fsp3) is 0. The molecular formula is C23H15NO3S2. The standard InChI is InChI=1S/C23H15NO3S2/c25-21-20(29-23(28)24(21)18-9-5-2-6-10-18)15-16-11-13-19(14-12-16)27-22(26)17-7-3-1-4-8-17/h1-15H/b20-15-. The topological polar surface area (TPSA) is 46.6 Å². The van der Waals surface area contributed by atoms with Crippen molar-refractivity contribution in [2.45, 2.75) is 0 Å². The Labute approximate surface area is 177 Å². The van der Waals surface area contributed by atoms with E-state index in [9.17, 15) is 9.59 Å². The number of para-hydroxylation sites is 1. The van der Waals surface area contributed by atoms with Crippen LogP contribution in [0.3, 0.4) is 0 Å². The van der Waals surface area contributed by atoms with Crippen molar-refractivity contribution in [3.63, 3.8) is 0 Å². The summed E-state index contributed by atoms with van der Waals surface area (Å²) in [6, 6.07) is 25.1. The molecule has 1 saturated heterocycles. The molecule has 0 N–H and O–H groups in total. The Bertz CT molecular complexity index is 1090. The summed E-state index contributed by atoms with van der Waals surface area (Å²) in [5, 5.41) is 0. The number of thioether (sulfide) groups is 1.